The average Bonchev–Trinajstić information content (AvgIpc) is 3.35. The van der Waals surface area contributed by atoms with Crippen molar-refractivity contribution in [2.75, 3.05) is 0 Å². The summed E-state index contributed by atoms with van der Waals surface area (Å²) in [6.45, 7) is 0.998. The lowest BCUT2D eigenvalue weighted by Gasteiger charge is -2.19. The van der Waals surface area contributed by atoms with E-state index in [1.807, 2.05) is 41.1 Å². The molecule has 3 rings (SSSR count). The molecular weight excluding hydrogens is 378 g/mol. The van der Waals surface area contributed by atoms with Crippen LogP contribution >= 0.6 is 12.4 Å². The predicted octanol–water partition coefficient (Wildman–Crippen LogP) is 2.15. The van der Waals surface area contributed by atoms with E-state index in [0.717, 1.165) is 5.56 Å². The van der Waals surface area contributed by atoms with Crippen LogP contribution in [-0.2, 0) is 24.9 Å². The van der Waals surface area contributed by atoms with E-state index in [9.17, 15) is 9.59 Å². The van der Waals surface area contributed by atoms with Crippen LogP contribution in [0.2, 0.25) is 0 Å². The fourth-order valence-corrected chi connectivity index (χ4v) is 2.80. The van der Waals surface area contributed by atoms with Gasteiger partial charge >= 0.3 is 0 Å². The highest BCUT2D eigenvalue weighted by Crippen LogP contribution is 2.04. The molecule has 1 aromatic carbocycles. The Bertz CT molecular complexity index is 877. The molecule has 148 valence electrons. The lowest BCUT2D eigenvalue weighted by Crippen LogP contribution is -2.47. The molecule has 0 saturated heterocycles. The van der Waals surface area contributed by atoms with E-state index in [2.05, 4.69) is 15.6 Å². The number of carbonyl (C=O) groups excluding carboxylic acids is 2. The Hall–Kier alpha value is -3.06. The highest BCUT2D eigenvalue weighted by molar-refractivity contribution is 5.96. The highest BCUT2D eigenvalue weighted by atomic mass is 35.5. The van der Waals surface area contributed by atoms with E-state index in [4.69, 9.17) is 0 Å². The monoisotopic (exact) mass is 401 g/mol. The summed E-state index contributed by atoms with van der Waals surface area (Å²) in [4.78, 5) is 29.3. The van der Waals surface area contributed by atoms with Gasteiger partial charge in [-0.05, 0) is 24.1 Å². The molecule has 0 spiro atoms. The van der Waals surface area contributed by atoms with Gasteiger partial charge in [-0.15, -0.1) is 12.4 Å². The molecule has 0 bridgehead atoms. The lowest BCUT2D eigenvalue weighted by atomic mass is 10.1. The van der Waals surface area contributed by atoms with Gasteiger partial charge in [0.2, 0.25) is 5.91 Å². The lowest BCUT2D eigenvalue weighted by molar-refractivity contribution is -0.123. The second kappa shape index (κ2) is 10.3. The quantitative estimate of drug-likeness (QED) is 0.606. The summed E-state index contributed by atoms with van der Waals surface area (Å²) in [6, 6.07) is 12.6. The largest absolute Gasteiger partial charge is 0.350 e. The summed E-state index contributed by atoms with van der Waals surface area (Å²) in [5.41, 5.74) is 1.52. The van der Waals surface area contributed by atoms with Crippen LogP contribution in [0.25, 0.3) is 0 Å². The van der Waals surface area contributed by atoms with Crippen molar-refractivity contribution in [2.45, 2.75) is 25.6 Å². The fraction of sp³-hybridized carbons (Fsp3) is 0.250. The number of aromatic nitrogens is 3. The molecule has 8 heteroatoms. The number of aryl methyl sites for hydroxylation is 2. The SMILES string of the molecule is Cl.Cn1cccc1C(=O)N[C@@H](CCn1ccnc1)C(=O)NCc1ccccc1. The predicted molar refractivity (Wildman–Crippen MR) is 109 cm³/mol. The van der Waals surface area contributed by atoms with Crippen molar-refractivity contribution >= 4 is 24.2 Å². The number of halogens is 1. The van der Waals surface area contributed by atoms with Gasteiger partial charge in [0.15, 0.2) is 0 Å². The summed E-state index contributed by atoms with van der Waals surface area (Å²) in [5, 5.41) is 5.76. The maximum atomic E-state index is 12.7. The summed E-state index contributed by atoms with van der Waals surface area (Å²) < 4.78 is 3.61. The second-order valence-corrected chi connectivity index (χ2v) is 6.32. The van der Waals surface area contributed by atoms with E-state index in [-0.39, 0.29) is 24.2 Å². The molecule has 2 heterocycles. The molecule has 3 aromatic rings. The zero-order chi connectivity index (χ0) is 19.1. The first-order chi connectivity index (χ1) is 13.1. The molecule has 0 aliphatic carbocycles. The van der Waals surface area contributed by atoms with Crippen molar-refractivity contribution in [3.05, 3.63) is 78.6 Å². The third kappa shape index (κ3) is 5.72. The molecule has 0 fully saturated rings. The smallest absolute Gasteiger partial charge is 0.268 e. The molecule has 28 heavy (non-hydrogen) atoms. The molecule has 0 saturated carbocycles. The Balaban J connectivity index is 0.00000280. The van der Waals surface area contributed by atoms with Gasteiger partial charge < -0.3 is 19.8 Å². The molecule has 2 N–H and O–H groups in total. The van der Waals surface area contributed by atoms with Gasteiger partial charge in [-0.3, -0.25) is 9.59 Å². The van der Waals surface area contributed by atoms with E-state index in [1.165, 1.54) is 0 Å². The van der Waals surface area contributed by atoms with Crippen LogP contribution in [0.1, 0.15) is 22.5 Å². The number of benzene rings is 1. The molecule has 0 aliphatic heterocycles. The number of rotatable bonds is 8. The zero-order valence-corrected chi connectivity index (χ0v) is 16.4. The van der Waals surface area contributed by atoms with Crippen LogP contribution in [0.15, 0.2) is 67.4 Å². The molecule has 2 aromatic heterocycles. The Morgan fingerprint density at radius 1 is 1.11 bits per heavy atom. The molecule has 0 unspecified atom stereocenters. The fourth-order valence-electron chi connectivity index (χ4n) is 2.80. The van der Waals surface area contributed by atoms with Crippen LogP contribution in [-0.4, -0.2) is 32.0 Å². The molecule has 0 radical (unpaired) electrons. The number of carbonyl (C=O) groups is 2. The van der Waals surface area contributed by atoms with Crippen LogP contribution in [0.4, 0.5) is 0 Å². The Morgan fingerprint density at radius 2 is 1.89 bits per heavy atom. The second-order valence-electron chi connectivity index (χ2n) is 6.32. The summed E-state index contributed by atoms with van der Waals surface area (Å²) in [7, 11) is 1.80. The van der Waals surface area contributed by atoms with Crippen molar-refractivity contribution in [3.8, 4) is 0 Å². The summed E-state index contributed by atoms with van der Waals surface area (Å²) in [6.07, 6.45) is 7.47. The van der Waals surface area contributed by atoms with E-state index in [1.54, 1.807) is 42.5 Å². The minimum atomic E-state index is -0.640. The first-order valence-electron chi connectivity index (χ1n) is 8.83. The highest BCUT2D eigenvalue weighted by Gasteiger charge is 2.22. The van der Waals surface area contributed by atoms with Crippen molar-refractivity contribution < 1.29 is 9.59 Å². The van der Waals surface area contributed by atoms with Crippen molar-refractivity contribution in [3.63, 3.8) is 0 Å². The van der Waals surface area contributed by atoms with E-state index < -0.39 is 6.04 Å². The first kappa shape index (κ1) is 21.2. The Morgan fingerprint density at radius 3 is 2.54 bits per heavy atom. The first-order valence-corrected chi connectivity index (χ1v) is 8.83. The third-order valence-electron chi connectivity index (χ3n) is 4.34. The van der Waals surface area contributed by atoms with Crippen LogP contribution < -0.4 is 10.6 Å². The number of amides is 2. The van der Waals surface area contributed by atoms with Gasteiger partial charge in [0.05, 0.1) is 6.33 Å². The average molecular weight is 402 g/mol. The maximum absolute atomic E-state index is 12.7. The molecule has 1 atom stereocenters. The number of nitrogens with one attached hydrogen (secondary N) is 2. The maximum Gasteiger partial charge on any atom is 0.268 e. The molecule has 0 aliphatic rings. The van der Waals surface area contributed by atoms with Crippen LogP contribution in [0, 0.1) is 0 Å². The standard InChI is InChI=1S/C20H23N5O2.ClH/c1-24-11-5-8-18(24)20(27)23-17(9-12-25-13-10-21-15-25)19(26)22-14-16-6-3-2-4-7-16;/h2-8,10-11,13,15,17H,9,12,14H2,1H3,(H,22,26)(H,23,27);1H/t17-;/m0./s1. The number of hydrogen-bond acceptors (Lipinski definition) is 3. The Labute approximate surface area is 170 Å². The normalized spacial score (nSPS) is 11.3. The van der Waals surface area contributed by atoms with Gasteiger partial charge in [-0.2, -0.15) is 0 Å². The van der Waals surface area contributed by atoms with Crippen molar-refractivity contribution in [2.24, 2.45) is 7.05 Å². The van der Waals surface area contributed by atoms with Gasteiger partial charge in [-0.25, -0.2) is 4.98 Å². The molecular formula is C20H24ClN5O2. The molecule has 7 nitrogen and oxygen atoms in total. The third-order valence-corrected chi connectivity index (χ3v) is 4.34. The van der Waals surface area contributed by atoms with Gasteiger partial charge in [-0.1, -0.05) is 30.3 Å². The number of hydrogen-bond donors (Lipinski definition) is 2. The van der Waals surface area contributed by atoms with E-state index >= 15 is 0 Å². The number of imidazole rings is 1. The van der Waals surface area contributed by atoms with Crippen LogP contribution in [0.3, 0.4) is 0 Å². The zero-order valence-electron chi connectivity index (χ0n) is 15.6. The summed E-state index contributed by atoms with van der Waals surface area (Å²) in [5.74, 6) is -0.477. The van der Waals surface area contributed by atoms with Gasteiger partial charge in [0.25, 0.3) is 5.91 Å². The van der Waals surface area contributed by atoms with E-state index in [0.29, 0.717) is 25.2 Å². The van der Waals surface area contributed by atoms with Gasteiger partial charge in [0, 0.05) is 38.7 Å². The topological polar surface area (TPSA) is 81.0 Å². The van der Waals surface area contributed by atoms with Crippen molar-refractivity contribution in [1.29, 1.82) is 0 Å². The minimum Gasteiger partial charge on any atom is -0.350 e. The van der Waals surface area contributed by atoms with Gasteiger partial charge in [0.1, 0.15) is 11.7 Å². The number of nitrogens with zero attached hydrogens (tertiary/aromatic N) is 3. The van der Waals surface area contributed by atoms with Crippen molar-refractivity contribution in [1.82, 2.24) is 24.8 Å². The minimum absolute atomic E-state index is 0. The molecule has 2 amide bonds. The summed E-state index contributed by atoms with van der Waals surface area (Å²) >= 11 is 0. The van der Waals surface area contributed by atoms with Crippen LogP contribution in [0.5, 0.6) is 0 Å². The Kier molecular flexibility index (Phi) is 7.83.